The van der Waals surface area contributed by atoms with E-state index in [1.54, 1.807) is 0 Å². The second-order valence-corrected chi connectivity index (χ2v) is 4.16. The molecule has 0 aliphatic carbocycles. The van der Waals surface area contributed by atoms with Crippen molar-refractivity contribution in [1.82, 2.24) is 4.90 Å². The van der Waals surface area contributed by atoms with E-state index in [0.29, 0.717) is 25.4 Å². The van der Waals surface area contributed by atoms with Crippen LogP contribution in [0.15, 0.2) is 16.5 Å². The van der Waals surface area contributed by atoms with E-state index in [1.807, 2.05) is 17.0 Å². The fourth-order valence-corrected chi connectivity index (χ4v) is 1.93. The lowest BCUT2D eigenvalue weighted by atomic mass is 10.2. The first kappa shape index (κ1) is 10.2. The van der Waals surface area contributed by atoms with Gasteiger partial charge in [-0.3, -0.25) is 4.79 Å². The summed E-state index contributed by atoms with van der Waals surface area (Å²) in [5, 5.41) is 0. The Morgan fingerprint density at radius 2 is 2.27 bits per heavy atom. The molecule has 1 aliphatic rings. The highest BCUT2D eigenvalue weighted by molar-refractivity contribution is 5.78. The van der Waals surface area contributed by atoms with Gasteiger partial charge in [0.15, 0.2) is 0 Å². The average molecular weight is 208 g/mol. The zero-order valence-electron chi connectivity index (χ0n) is 8.90. The van der Waals surface area contributed by atoms with Crippen LogP contribution in [-0.4, -0.2) is 17.4 Å². The molecule has 82 valence electrons. The molecule has 0 spiro atoms. The van der Waals surface area contributed by atoms with Gasteiger partial charge >= 0.3 is 0 Å². The highest BCUT2D eigenvalue weighted by Crippen LogP contribution is 2.20. The van der Waals surface area contributed by atoms with Gasteiger partial charge in [0.05, 0.1) is 13.1 Å². The van der Waals surface area contributed by atoms with Crippen LogP contribution in [-0.2, 0) is 17.9 Å². The van der Waals surface area contributed by atoms with Crippen molar-refractivity contribution in [2.24, 2.45) is 11.7 Å². The number of hydrogen-bond acceptors (Lipinski definition) is 3. The van der Waals surface area contributed by atoms with Crippen molar-refractivity contribution in [3.63, 3.8) is 0 Å². The Morgan fingerprint density at radius 1 is 1.53 bits per heavy atom. The van der Waals surface area contributed by atoms with E-state index in [2.05, 4.69) is 6.92 Å². The van der Waals surface area contributed by atoms with E-state index in [9.17, 15) is 4.79 Å². The maximum atomic E-state index is 11.5. The second-order valence-electron chi connectivity index (χ2n) is 4.16. The van der Waals surface area contributed by atoms with E-state index in [-0.39, 0.29) is 5.91 Å². The van der Waals surface area contributed by atoms with Crippen LogP contribution in [0.5, 0.6) is 0 Å². The molecule has 4 heteroatoms. The van der Waals surface area contributed by atoms with Crippen LogP contribution >= 0.6 is 0 Å². The predicted octanol–water partition coefficient (Wildman–Crippen LogP) is 1.11. The van der Waals surface area contributed by atoms with Crippen molar-refractivity contribution in [2.75, 3.05) is 6.54 Å². The van der Waals surface area contributed by atoms with Crippen molar-refractivity contribution in [2.45, 2.75) is 26.4 Å². The minimum atomic E-state index is 0.216. The summed E-state index contributed by atoms with van der Waals surface area (Å²) in [5.74, 6) is 2.26. The quantitative estimate of drug-likeness (QED) is 0.809. The summed E-state index contributed by atoms with van der Waals surface area (Å²) >= 11 is 0. The molecule has 15 heavy (non-hydrogen) atoms. The topological polar surface area (TPSA) is 59.5 Å². The van der Waals surface area contributed by atoms with Gasteiger partial charge in [0.25, 0.3) is 0 Å². The number of carbonyl (C=O) groups is 1. The monoisotopic (exact) mass is 208 g/mol. The largest absolute Gasteiger partial charge is 0.463 e. The fourth-order valence-electron chi connectivity index (χ4n) is 1.93. The predicted molar refractivity (Wildman–Crippen MR) is 55.8 cm³/mol. The van der Waals surface area contributed by atoms with Crippen molar-refractivity contribution >= 4 is 5.91 Å². The van der Waals surface area contributed by atoms with Crippen LogP contribution in [0.2, 0.25) is 0 Å². The Balaban J connectivity index is 1.99. The number of likely N-dealkylation sites (tertiary alicyclic amines) is 1. The minimum Gasteiger partial charge on any atom is -0.463 e. The molecule has 1 aromatic heterocycles. The summed E-state index contributed by atoms with van der Waals surface area (Å²) in [6, 6.07) is 3.75. The lowest BCUT2D eigenvalue weighted by Crippen LogP contribution is -2.24. The lowest BCUT2D eigenvalue weighted by molar-refractivity contribution is -0.128. The molecule has 1 atom stereocenters. The smallest absolute Gasteiger partial charge is 0.223 e. The molecule has 1 saturated heterocycles. The molecule has 1 fully saturated rings. The Bertz CT molecular complexity index is 359. The standard InChI is InChI=1S/C11H16N2O2/c1-8-4-11(14)13(6-8)7-10-3-2-9(5-12)15-10/h2-3,8H,4-7,12H2,1H3. The summed E-state index contributed by atoms with van der Waals surface area (Å²) in [5.41, 5.74) is 5.45. The van der Waals surface area contributed by atoms with E-state index >= 15 is 0 Å². The number of nitrogens with zero attached hydrogens (tertiary/aromatic N) is 1. The van der Waals surface area contributed by atoms with Gasteiger partial charge in [-0.05, 0) is 18.1 Å². The molecule has 0 radical (unpaired) electrons. The number of furan rings is 1. The molecule has 0 saturated carbocycles. The Kier molecular flexibility index (Phi) is 2.77. The van der Waals surface area contributed by atoms with Crippen molar-refractivity contribution < 1.29 is 9.21 Å². The van der Waals surface area contributed by atoms with E-state index in [4.69, 9.17) is 10.2 Å². The van der Waals surface area contributed by atoms with Gasteiger partial charge in [-0.2, -0.15) is 0 Å². The molecule has 2 N–H and O–H groups in total. The number of carbonyl (C=O) groups excluding carboxylic acids is 1. The first-order valence-corrected chi connectivity index (χ1v) is 5.24. The highest BCUT2D eigenvalue weighted by Gasteiger charge is 2.26. The molecule has 0 aromatic carbocycles. The average Bonchev–Trinajstić information content (AvgIpc) is 2.75. The summed E-state index contributed by atoms with van der Waals surface area (Å²) in [7, 11) is 0. The molecule has 0 bridgehead atoms. The van der Waals surface area contributed by atoms with Gasteiger partial charge in [0, 0.05) is 13.0 Å². The Hall–Kier alpha value is -1.29. The lowest BCUT2D eigenvalue weighted by Gasteiger charge is -2.13. The maximum Gasteiger partial charge on any atom is 0.223 e. The first-order chi connectivity index (χ1) is 7.19. The number of amides is 1. The van der Waals surface area contributed by atoms with E-state index < -0.39 is 0 Å². The third kappa shape index (κ3) is 2.21. The number of hydrogen-bond donors (Lipinski definition) is 1. The zero-order chi connectivity index (χ0) is 10.8. The Morgan fingerprint density at radius 3 is 2.80 bits per heavy atom. The summed E-state index contributed by atoms with van der Waals surface area (Å²) < 4.78 is 5.46. The molecule has 4 nitrogen and oxygen atoms in total. The van der Waals surface area contributed by atoms with Crippen molar-refractivity contribution in [1.29, 1.82) is 0 Å². The van der Waals surface area contributed by atoms with Gasteiger partial charge in [-0.25, -0.2) is 0 Å². The van der Waals surface area contributed by atoms with Crippen LogP contribution in [0, 0.1) is 5.92 Å². The van der Waals surface area contributed by atoms with Crippen LogP contribution in [0.3, 0.4) is 0 Å². The van der Waals surface area contributed by atoms with Crippen LogP contribution in [0.4, 0.5) is 0 Å². The second kappa shape index (κ2) is 4.06. The fraction of sp³-hybridized carbons (Fsp3) is 0.545. The number of nitrogens with two attached hydrogens (primary N) is 1. The first-order valence-electron chi connectivity index (χ1n) is 5.24. The molecule has 1 unspecified atom stereocenters. The SMILES string of the molecule is CC1CC(=O)N(Cc2ccc(CN)o2)C1. The van der Waals surface area contributed by atoms with Gasteiger partial charge in [-0.1, -0.05) is 6.92 Å². The van der Waals surface area contributed by atoms with E-state index in [1.165, 1.54) is 0 Å². The highest BCUT2D eigenvalue weighted by atomic mass is 16.3. The molecular weight excluding hydrogens is 192 g/mol. The summed E-state index contributed by atoms with van der Waals surface area (Å²) in [4.78, 5) is 13.4. The Labute approximate surface area is 89.0 Å². The van der Waals surface area contributed by atoms with Crippen LogP contribution in [0.25, 0.3) is 0 Å². The third-order valence-electron chi connectivity index (χ3n) is 2.67. The van der Waals surface area contributed by atoms with Gasteiger partial charge in [-0.15, -0.1) is 0 Å². The van der Waals surface area contributed by atoms with Gasteiger partial charge in [0.1, 0.15) is 11.5 Å². The van der Waals surface area contributed by atoms with Crippen LogP contribution < -0.4 is 5.73 Å². The molecule has 1 amide bonds. The van der Waals surface area contributed by atoms with Crippen LogP contribution in [0.1, 0.15) is 24.9 Å². The summed E-state index contributed by atoms with van der Waals surface area (Å²) in [6.45, 7) is 3.90. The minimum absolute atomic E-state index is 0.216. The molecule has 2 heterocycles. The molecule has 1 aromatic rings. The number of rotatable bonds is 3. The molecular formula is C11H16N2O2. The normalized spacial score (nSPS) is 21.3. The molecule has 2 rings (SSSR count). The zero-order valence-corrected chi connectivity index (χ0v) is 8.90. The summed E-state index contributed by atoms with van der Waals surface area (Å²) in [6.07, 6.45) is 0.657. The third-order valence-corrected chi connectivity index (χ3v) is 2.67. The molecule has 1 aliphatic heterocycles. The van der Waals surface area contributed by atoms with Gasteiger partial charge < -0.3 is 15.1 Å². The maximum absolute atomic E-state index is 11.5. The van der Waals surface area contributed by atoms with Gasteiger partial charge in [0.2, 0.25) is 5.91 Å². The van der Waals surface area contributed by atoms with Crippen molar-refractivity contribution in [3.8, 4) is 0 Å². The van der Waals surface area contributed by atoms with E-state index in [0.717, 1.165) is 18.1 Å². The van der Waals surface area contributed by atoms with Crippen molar-refractivity contribution in [3.05, 3.63) is 23.7 Å².